The normalized spacial score (nSPS) is 23.7. The summed E-state index contributed by atoms with van der Waals surface area (Å²) < 4.78 is 41.3. The lowest BCUT2D eigenvalue weighted by molar-refractivity contribution is -0.149. The number of imidazole rings is 1. The molecule has 5 rings (SSSR count). The van der Waals surface area contributed by atoms with Gasteiger partial charge in [-0.1, -0.05) is 36.4 Å². The number of anilines is 1. The zero-order valence-corrected chi connectivity index (χ0v) is 27.8. The van der Waals surface area contributed by atoms with Crippen molar-refractivity contribution in [3.8, 4) is 5.75 Å². The number of alkyl halides is 2. The fourth-order valence-corrected chi connectivity index (χ4v) is 7.74. The van der Waals surface area contributed by atoms with Crippen molar-refractivity contribution >= 4 is 63.8 Å². The number of aliphatic hydroxyl groups is 1. The highest BCUT2D eigenvalue weighted by Gasteiger charge is 2.57. The van der Waals surface area contributed by atoms with E-state index in [0.29, 0.717) is 28.6 Å². The highest BCUT2D eigenvalue weighted by Crippen LogP contribution is 2.50. The molecule has 0 aliphatic carbocycles. The van der Waals surface area contributed by atoms with Gasteiger partial charge in [-0.05, 0) is 51.0 Å². The molecule has 16 heteroatoms. The number of halogens is 2. The summed E-state index contributed by atoms with van der Waals surface area (Å²) in [5.41, 5.74) is -1.05. The molecule has 0 amide bonds. The van der Waals surface area contributed by atoms with Gasteiger partial charge in [-0.3, -0.25) is 9.36 Å². The number of aliphatic hydroxyl groups excluding tert-OH is 1. The van der Waals surface area contributed by atoms with E-state index in [0.717, 1.165) is 10.8 Å². The molecule has 4 aromatic rings. The lowest BCUT2D eigenvalue weighted by Crippen LogP contribution is -2.48. The highest BCUT2D eigenvalue weighted by atomic mass is 35.5. The number of fused-ring (bicyclic) bond motifs is 2. The lowest BCUT2D eigenvalue weighted by Gasteiger charge is -2.33. The maximum absolute atomic E-state index is 15.9. The van der Waals surface area contributed by atoms with Gasteiger partial charge in [-0.2, -0.15) is 0 Å². The predicted molar refractivity (Wildman–Crippen MR) is 173 cm³/mol. The maximum atomic E-state index is 15.9. The van der Waals surface area contributed by atoms with Crippen LogP contribution in [0.2, 0.25) is 0 Å². The van der Waals surface area contributed by atoms with Crippen LogP contribution in [0.15, 0.2) is 48.8 Å². The SMILES string of the molecule is CNc1nc(C)nc2c1ncn2[C@@H]1O[C@](CCl)(COP(=S)(N[C@H](C)C(=O)OC(C)C)Oc2cccc3ccccc23)[C@@H](O)[C@@H]1F. The third kappa shape index (κ3) is 6.78. The van der Waals surface area contributed by atoms with Gasteiger partial charge in [0.15, 0.2) is 29.4 Å². The second-order valence-electron chi connectivity index (χ2n) is 11.0. The summed E-state index contributed by atoms with van der Waals surface area (Å²) in [6.45, 7) is 2.62. The Bertz CT molecular complexity index is 1740. The first kappa shape index (κ1) is 33.4. The molecule has 1 aliphatic rings. The minimum atomic E-state index is -3.63. The van der Waals surface area contributed by atoms with E-state index in [1.54, 1.807) is 46.9 Å². The number of ether oxygens (including phenoxy) is 2. The molecule has 0 spiro atoms. The summed E-state index contributed by atoms with van der Waals surface area (Å²) in [5, 5.41) is 18.8. The molecule has 242 valence electrons. The summed E-state index contributed by atoms with van der Waals surface area (Å²) in [5.74, 6) is 0.365. The van der Waals surface area contributed by atoms with E-state index in [1.165, 1.54) is 10.9 Å². The summed E-state index contributed by atoms with van der Waals surface area (Å²) in [6, 6.07) is 12.0. The van der Waals surface area contributed by atoms with Crippen LogP contribution in [0.3, 0.4) is 0 Å². The zero-order chi connectivity index (χ0) is 32.5. The van der Waals surface area contributed by atoms with E-state index >= 15 is 4.39 Å². The van der Waals surface area contributed by atoms with Crippen molar-refractivity contribution in [3.05, 3.63) is 54.6 Å². The number of nitrogens with zero attached hydrogens (tertiary/aromatic N) is 4. The molecule has 2 aromatic heterocycles. The number of aryl methyl sites for hydroxylation is 1. The van der Waals surface area contributed by atoms with Crippen LogP contribution in [0.4, 0.5) is 10.2 Å². The second-order valence-corrected chi connectivity index (χ2v) is 14.4. The topological polar surface area (TPSA) is 142 Å². The van der Waals surface area contributed by atoms with E-state index in [1.807, 2.05) is 30.3 Å². The molecule has 6 atom stereocenters. The highest BCUT2D eigenvalue weighted by molar-refractivity contribution is 8.09. The quantitative estimate of drug-likeness (QED) is 0.108. The van der Waals surface area contributed by atoms with Crippen molar-refractivity contribution in [3.63, 3.8) is 0 Å². The van der Waals surface area contributed by atoms with Crippen LogP contribution < -0.4 is 14.9 Å². The van der Waals surface area contributed by atoms with Crippen molar-refractivity contribution in [1.29, 1.82) is 0 Å². The minimum Gasteiger partial charge on any atom is -0.462 e. The number of carbonyl (C=O) groups excluding carboxylic acids is 1. The van der Waals surface area contributed by atoms with Crippen molar-refractivity contribution < 1.29 is 32.8 Å². The molecule has 3 heterocycles. The molecule has 12 nitrogen and oxygen atoms in total. The Labute approximate surface area is 269 Å². The number of aromatic nitrogens is 4. The van der Waals surface area contributed by atoms with E-state index in [4.69, 9.17) is 41.9 Å². The van der Waals surface area contributed by atoms with Gasteiger partial charge in [-0.15, -0.1) is 11.6 Å². The number of hydrogen-bond donors (Lipinski definition) is 3. The van der Waals surface area contributed by atoms with Crippen molar-refractivity contribution in [2.75, 3.05) is 24.9 Å². The summed E-state index contributed by atoms with van der Waals surface area (Å²) in [7, 11) is 1.69. The Morgan fingerprint density at radius 2 is 1.98 bits per heavy atom. The predicted octanol–water partition coefficient (Wildman–Crippen LogP) is 4.78. The average molecular weight is 681 g/mol. The van der Waals surface area contributed by atoms with Gasteiger partial charge in [0.1, 0.15) is 29.3 Å². The van der Waals surface area contributed by atoms with Gasteiger partial charge in [0.05, 0.1) is 24.9 Å². The zero-order valence-electron chi connectivity index (χ0n) is 25.3. The van der Waals surface area contributed by atoms with Gasteiger partial charge in [0.2, 0.25) is 0 Å². The average Bonchev–Trinajstić information content (AvgIpc) is 3.54. The molecule has 0 radical (unpaired) electrons. The first-order valence-corrected chi connectivity index (χ1v) is 17.4. The lowest BCUT2D eigenvalue weighted by atomic mass is 9.99. The number of hydrogen-bond acceptors (Lipinski definition) is 11. The Morgan fingerprint density at radius 1 is 1.24 bits per heavy atom. The second kappa shape index (κ2) is 13.4. The Hall–Kier alpha value is -2.97. The van der Waals surface area contributed by atoms with Gasteiger partial charge < -0.3 is 28.9 Å². The molecular formula is C29H35ClFN6O6PS. The van der Waals surface area contributed by atoms with Crippen molar-refractivity contribution in [2.24, 2.45) is 0 Å². The van der Waals surface area contributed by atoms with Gasteiger partial charge >= 0.3 is 12.6 Å². The third-order valence-corrected chi connectivity index (χ3v) is 10.2. The molecule has 2 aromatic carbocycles. The monoisotopic (exact) mass is 680 g/mol. The van der Waals surface area contributed by atoms with Gasteiger partial charge in [0, 0.05) is 12.4 Å². The molecule has 3 N–H and O–H groups in total. The first-order chi connectivity index (χ1) is 21.4. The van der Waals surface area contributed by atoms with Crippen LogP contribution in [0.5, 0.6) is 5.75 Å². The van der Waals surface area contributed by atoms with Crippen LogP contribution in [0.1, 0.15) is 32.8 Å². The van der Waals surface area contributed by atoms with E-state index in [2.05, 4.69) is 25.4 Å². The smallest absolute Gasteiger partial charge is 0.323 e. The number of nitrogens with one attached hydrogen (secondary N) is 2. The number of benzene rings is 2. The largest absolute Gasteiger partial charge is 0.462 e. The van der Waals surface area contributed by atoms with E-state index in [-0.39, 0.29) is 12.0 Å². The first-order valence-electron chi connectivity index (χ1n) is 14.3. The van der Waals surface area contributed by atoms with Crippen LogP contribution in [-0.2, 0) is 30.6 Å². The molecule has 1 saturated heterocycles. The third-order valence-electron chi connectivity index (χ3n) is 7.24. The molecule has 45 heavy (non-hydrogen) atoms. The summed E-state index contributed by atoms with van der Waals surface area (Å²) in [4.78, 5) is 25.8. The van der Waals surface area contributed by atoms with Crippen molar-refractivity contribution in [1.82, 2.24) is 24.6 Å². The Morgan fingerprint density at radius 3 is 2.69 bits per heavy atom. The van der Waals surface area contributed by atoms with E-state index < -0.39 is 49.4 Å². The Kier molecular flexibility index (Phi) is 9.95. The standard InChI is InChI=1S/C29H35ClFN6O6PS/c1-16(2)41-28(39)17(3)36-44(45,43-21-12-8-10-19-9-6-7-11-20(19)21)40-14-29(13-30)24(38)22(31)27(42-29)37-15-33-23-25(32-5)34-18(4)35-26(23)37/h6-12,15-17,22,24,27,38H,13-14H2,1-5H3,(H,36,45)(H,32,34,35)/t17-,22+,24+,27-,29-,44?/m1/s1. The van der Waals surface area contributed by atoms with Crippen LogP contribution in [-0.4, -0.2) is 80.2 Å². The molecular weight excluding hydrogens is 646 g/mol. The van der Waals surface area contributed by atoms with Crippen molar-refractivity contribution in [2.45, 2.75) is 63.9 Å². The number of carbonyl (C=O) groups is 1. The molecule has 0 bridgehead atoms. The van der Waals surface area contributed by atoms with Gasteiger partial charge in [-0.25, -0.2) is 24.4 Å². The number of rotatable bonds is 12. The molecule has 1 aliphatic heterocycles. The molecule has 1 fully saturated rings. The summed E-state index contributed by atoms with van der Waals surface area (Å²) in [6.07, 6.45) is -4.02. The summed E-state index contributed by atoms with van der Waals surface area (Å²) >= 11 is 12.3. The minimum absolute atomic E-state index is 0.307. The Balaban J connectivity index is 1.45. The number of esters is 1. The van der Waals surface area contributed by atoms with Gasteiger partial charge in [0.25, 0.3) is 0 Å². The van der Waals surface area contributed by atoms with Crippen LogP contribution in [0.25, 0.3) is 21.9 Å². The van der Waals surface area contributed by atoms with Crippen LogP contribution >= 0.6 is 18.2 Å². The molecule has 0 saturated carbocycles. The molecule has 1 unspecified atom stereocenters. The fraction of sp³-hybridized carbons (Fsp3) is 0.448. The fourth-order valence-electron chi connectivity index (χ4n) is 5.00. The van der Waals surface area contributed by atoms with Crippen LogP contribution in [0, 0.1) is 6.92 Å². The maximum Gasteiger partial charge on any atom is 0.323 e. The van der Waals surface area contributed by atoms with E-state index in [9.17, 15) is 9.90 Å².